The van der Waals surface area contributed by atoms with Crippen molar-refractivity contribution in [3.8, 4) is 0 Å². The Hall–Kier alpha value is -0.190. The molecule has 108 valence electrons. The lowest BCUT2D eigenvalue weighted by Gasteiger charge is -2.26. The molecule has 4 heteroatoms. The zero-order valence-electron chi connectivity index (χ0n) is 12.0. The summed E-state index contributed by atoms with van der Waals surface area (Å²) in [6, 6.07) is 8.17. The van der Waals surface area contributed by atoms with Gasteiger partial charge in [0, 0.05) is 15.4 Å². The van der Waals surface area contributed by atoms with Crippen LogP contribution in [0.1, 0.15) is 40.0 Å². The van der Waals surface area contributed by atoms with E-state index in [2.05, 4.69) is 42.0 Å². The maximum Gasteiger partial charge on any atom is 0.0576 e. The second kappa shape index (κ2) is 8.88. The third-order valence-corrected chi connectivity index (χ3v) is 5.64. The van der Waals surface area contributed by atoms with Crippen LogP contribution >= 0.6 is 15.9 Å². The molecule has 0 saturated carbocycles. The van der Waals surface area contributed by atoms with Crippen LogP contribution in [0.2, 0.25) is 0 Å². The zero-order valence-corrected chi connectivity index (χ0v) is 14.4. The van der Waals surface area contributed by atoms with Gasteiger partial charge >= 0.3 is 0 Å². The minimum absolute atomic E-state index is 0.175. The number of hydrogen-bond acceptors (Lipinski definition) is 2. The molecule has 3 atom stereocenters. The SMILES string of the molecule is CCCC(NCC)C(CC)S(=O)c1cccc(Br)c1. The fourth-order valence-corrected chi connectivity index (χ4v) is 4.53. The van der Waals surface area contributed by atoms with Crippen molar-refractivity contribution in [3.05, 3.63) is 28.7 Å². The van der Waals surface area contributed by atoms with Gasteiger partial charge in [0.05, 0.1) is 16.0 Å². The summed E-state index contributed by atoms with van der Waals surface area (Å²) in [7, 11) is -0.957. The summed E-state index contributed by atoms with van der Waals surface area (Å²) < 4.78 is 13.8. The van der Waals surface area contributed by atoms with Gasteiger partial charge in [-0.1, -0.05) is 49.2 Å². The van der Waals surface area contributed by atoms with Gasteiger partial charge in [0.1, 0.15) is 0 Å². The van der Waals surface area contributed by atoms with Gasteiger partial charge in [-0.3, -0.25) is 4.21 Å². The Balaban J connectivity index is 2.91. The molecule has 0 radical (unpaired) electrons. The van der Waals surface area contributed by atoms with Crippen LogP contribution in [0.3, 0.4) is 0 Å². The van der Waals surface area contributed by atoms with Gasteiger partial charge in [-0.25, -0.2) is 0 Å². The van der Waals surface area contributed by atoms with Crippen LogP contribution in [-0.2, 0) is 10.8 Å². The molecule has 0 aliphatic rings. The lowest BCUT2D eigenvalue weighted by molar-refractivity contribution is 0.458. The molecule has 1 aromatic carbocycles. The first-order valence-corrected chi connectivity index (χ1v) is 9.04. The molecule has 2 nitrogen and oxygen atoms in total. The second-order valence-corrected chi connectivity index (χ2v) is 7.24. The van der Waals surface area contributed by atoms with E-state index < -0.39 is 10.8 Å². The van der Waals surface area contributed by atoms with Crippen molar-refractivity contribution in [2.75, 3.05) is 6.54 Å². The summed E-state index contributed by atoms with van der Waals surface area (Å²) in [5.74, 6) is 0. The molecule has 0 heterocycles. The summed E-state index contributed by atoms with van der Waals surface area (Å²) >= 11 is 3.45. The van der Waals surface area contributed by atoms with Gasteiger partial charge in [0.15, 0.2) is 0 Å². The summed E-state index contributed by atoms with van der Waals surface area (Å²) in [6.07, 6.45) is 3.12. The Bertz CT molecular complexity index is 405. The van der Waals surface area contributed by atoms with Crippen molar-refractivity contribution in [3.63, 3.8) is 0 Å². The van der Waals surface area contributed by atoms with Gasteiger partial charge in [0.25, 0.3) is 0 Å². The standard InChI is InChI=1S/C15H24BrNOS/c1-4-8-14(17-6-3)15(5-2)19(18)13-10-7-9-12(16)11-13/h7,9-11,14-15,17H,4-6,8H2,1-3H3. The quantitative estimate of drug-likeness (QED) is 0.767. The summed E-state index contributed by atoms with van der Waals surface area (Å²) in [5, 5.41) is 3.67. The number of nitrogens with one attached hydrogen (secondary N) is 1. The summed E-state index contributed by atoms with van der Waals surface area (Å²) in [4.78, 5) is 0.917. The molecule has 0 bridgehead atoms. The van der Waals surface area contributed by atoms with Crippen LogP contribution in [-0.4, -0.2) is 22.0 Å². The first-order valence-electron chi connectivity index (χ1n) is 7.03. The van der Waals surface area contributed by atoms with E-state index in [-0.39, 0.29) is 5.25 Å². The second-order valence-electron chi connectivity index (χ2n) is 4.65. The van der Waals surface area contributed by atoms with E-state index in [9.17, 15) is 4.21 Å². The van der Waals surface area contributed by atoms with Gasteiger partial charge in [0.2, 0.25) is 0 Å². The molecule has 1 rings (SSSR count). The van der Waals surface area contributed by atoms with E-state index in [0.29, 0.717) is 6.04 Å². The van der Waals surface area contributed by atoms with E-state index in [1.807, 2.05) is 24.3 Å². The number of rotatable bonds is 8. The Kier molecular flexibility index (Phi) is 7.88. The highest BCUT2D eigenvalue weighted by Crippen LogP contribution is 2.22. The van der Waals surface area contributed by atoms with Crippen LogP contribution in [0.4, 0.5) is 0 Å². The first-order chi connectivity index (χ1) is 9.13. The number of halogens is 1. The lowest BCUT2D eigenvalue weighted by Crippen LogP contribution is -2.41. The monoisotopic (exact) mass is 345 g/mol. The third-order valence-electron chi connectivity index (χ3n) is 3.22. The highest BCUT2D eigenvalue weighted by Gasteiger charge is 2.25. The molecule has 1 aromatic rings. The first kappa shape index (κ1) is 16.9. The van der Waals surface area contributed by atoms with Crippen LogP contribution in [0.25, 0.3) is 0 Å². The third kappa shape index (κ3) is 5.01. The molecule has 0 aliphatic carbocycles. The zero-order chi connectivity index (χ0) is 14.3. The molecule has 0 aromatic heterocycles. The van der Waals surface area contributed by atoms with Crippen molar-refractivity contribution in [2.45, 2.75) is 56.2 Å². The normalized spacial score (nSPS) is 16.0. The molecular formula is C15H24BrNOS. The van der Waals surface area contributed by atoms with Crippen molar-refractivity contribution >= 4 is 26.7 Å². The minimum atomic E-state index is -0.957. The minimum Gasteiger partial charge on any atom is -0.313 e. The summed E-state index contributed by atoms with van der Waals surface area (Å²) in [6.45, 7) is 7.34. The highest BCUT2D eigenvalue weighted by atomic mass is 79.9. The van der Waals surface area contributed by atoms with Crippen molar-refractivity contribution in [1.29, 1.82) is 0 Å². The van der Waals surface area contributed by atoms with Crippen LogP contribution in [0, 0.1) is 0 Å². The maximum absolute atomic E-state index is 12.8. The maximum atomic E-state index is 12.8. The molecule has 0 fully saturated rings. The lowest BCUT2D eigenvalue weighted by atomic mass is 10.1. The molecule has 0 amide bonds. The molecule has 19 heavy (non-hydrogen) atoms. The van der Waals surface area contributed by atoms with Crippen LogP contribution in [0.5, 0.6) is 0 Å². The molecular weight excluding hydrogens is 322 g/mol. The predicted molar refractivity (Wildman–Crippen MR) is 87.0 cm³/mol. The fraction of sp³-hybridized carbons (Fsp3) is 0.600. The van der Waals surface area contributed by atoms with Crippen LogP contribution < -0.4 is 5.32 Å². The van der Waals surface area contributed by atoms with Crippen molar-refractivity contribution < 1.29 is 4.21 Å². The van der Waals surface area contributed by atoms with Gasteiger partial charge in [-0.2, -0.15) is 0 Å². The van der Waals surface area contributed by atoms with Crippen molar-refractivity contribution in [2.24, 2.45) is 0 Å². The smallest absolute Gasteiger partial charge is 0.0576 e. The predicted octanol–water partition coefficient (Wildman–Crippen LogP) is 4.11. The van der Waals surface area contributed by atoms with Gasteiger partial charge in [-0.15, -0.1) is 0 Å². The largest absolute Gasteiger partial charge is 0.313 e. The Morgan fingerprint density at radius 2 is 2.05 bits per heavy atom. The molecule has 0 spiro atoms. The van der Waals surface area contributed by atoms with E-state index in [0.717, 1.165) is 35.2 Å². The number of benzene rings is 1. The molecule has 0 aliphatic heterocycles. The van der Waals surface area contributed by atoms with Crippen LogP contribution in [0.15, 0.2) is 33.6 Å². The topological polar surface area (TPSA) is 29.1 Å². The van der Waals surface area contributed by atoms with E-state index >= 15 is 0 Å². The highest BCUT2D eigenvalue weighted by molar-refractivity contribution is 9.10. The molecule has 3 unspecified atom stereocenters. The van der Waals surface area contributed by atoms with E-state index in [1.165, 1.54) is 0 Å². The average Bonchev–Trinajstić information content (AvgIpc) is 2.40. The van der Waals surface area contributed by atoms with E-state index in [4.69, 9.17) is 0 Å². The Labute approximate surface area is 128 Å². The fourth-order valence-electron chi connectivity index (χ4n) is 2.34. The number of hydrogen-bond donors (Lipinski definition) is 1. The van der Waals surface area contributed by atoms with Gasteiger partial charge < -0.3 is 5.32 Å². The average molecular weight is 346 g/mol. The van der Waals surface area contributed by atoms with Crippen molar-refractivity contribution in [1.82, 2.24) is 5.32 Å². The Morgan fingerprint density at radius 1 is 1.32 bits per heavy atom. The summed E-state index contributed by atoms with van der Waals surface area (Å²) in [5.41, 5.74) is 0. The van der Waals surface area contributed by atoms with E-state index in [1.54, 1.807) is 0 Å². The molecule has 0 saturated heterocycles. The van der Waals surface area contributed by atoms with Gasteiger partial charge in [-0.05, 0) is 37.6 Å². The Morgan fingerprint density at radius 3 is 2.58 bits per heavy atom. The molecule has 1 N–H and O–H groups in total.